The lowest BCUT2D eigenvalue weighted by Crippen LogP contribution is -2.37. The summed E-state index contributed by atoms with van der Waals surface area (Å²) in [7, 11) is 0. The molecule has 0 aromatic heterocycles. The Morgan fingerprint density at radius 3 is 2.30 bits per heavy atom. The minimum atomic E-state index is -1.36. The van der Waals surface area contributed by atoms with Crippen LogP contribution in [0.4, 0.5) is 17.6 Å². The van der Waals surface area contributed by atoms with Crippen LogP contribution in [0, 0.1) is 23.3 Å². The number of halogens is 4. The molecule has 0 saturated carbocycles. The van der Waals surface area contributed by atoms with Crippen molar-refractivity contribution in [3.05, 3.63) is 70.8 Å². The molecule has 23 heavy (non-hydrogen) atoms. The van der Waals surface area contributed by atoms with Gasteiger partial charge in [0.25, 0.3) is 5.91 Å². The molecule has 3 nitrogen and oxygen atoms in total. The second-order valence-corrected chi connectivity index (χ2v) is 5.00. The van der Waals surface area contributed by atoms with Gasteiger partial charge in [-0.05, 0) is 42.8 Å². The van der Waals surface area contributed by atoms with Crippen molar-refractivity contribution >= 4 is 5.91 Å². The van der Waals surface area contributed by atoms with Gasteiger partial charge in [-0.3, -0.25) is 4.79 Å². The highest BCUT2D eigenvalue weighted by Crippen LogP contribution is 2.20. The second-order valence-electron chi connectivity index (χ2n) is 5.00. The summed E-state index contributed by atoms with van der Waals surface area (Å²) < 4.78 is 52.6. The highest BCUT2D eigenvalue weighted by molar-refractivity contribution is 5.94. The summed E-state index contributed by atoms with van der Waals surface area (Å²) in [5, 5.41) is 12.3. The van der Waals surface area contributed by atoms with Gasteiger partial charge in [0.05, 0.1) is 17.7 Å². The van der Waals surface area contributed by atoms with Gasteiger partial charge in [0.15, 0.2) is 11.6 Å². The quantitative estimate of drug-likeness (QED) is 0.848. The van der Waals surface area contributed by atoms with Crippen LogP contribution in [-0.2, 0) is 0 Å². The highest BCUT2D eigenvalue weighted by Gasteiger charge is 2.22. The van der Waals surface area contributed by atoms with Crippen molar-refractivity contribution in [3.63, 3.8) is 0 Å². The molecule has 0 saturated heterocycles. The Kier molecular flexibility index (Phi) is 5.00. The molecule has 122 valence electrons. The van der Waals surface area contributed by atoms with Gasteiger partial charge in [-0.2, -0.15) is 0 Å². The monoisotopic (exact) mass is 327 g/mol. The molecule has 0 aliphatic carbocycles. The maximum absolute atomic E-state index is 13.5. The third-order valence-corrected chi connectivity index (χ3v) is 3.29. The first-order valence-electron chi connectivity index (χ1n) is 6.68. The summed E-state index contributed by atoms with van der Waals surface area (Å²) in [4.78, 5) is 11.9. The number of carbonyl (C=O) groups is 1. The van der Waals surface area contributed by atoms with Crippen LogP contribution in [0.15, 0.2) is 36.4 Å². The van der Waals surface area contributed by atoms with Crippen LogP contribution >= 0.6 is 0 Å². The number of carbonyl (C=O) groups excluding carboxylic acids is 1. The van der Waals surface area contributed by atoms with Crippen molar-refractivity contribution in [3.8, 4) is 0 Å². The van der Waals surface area contributed by atoms with Crippen molar-refractivity contribution in [2.24, 2.45) is 0 Å². The van der Waals surface area contributed by atoms with E-state index in [4.69, 9.17) is 0 Å². The number of hydrogen-bond donors (Lipinski definition) is 2. The molecule has 2 rings (SSSR count). The molecule has 1 amide bonds. The smallest absolute Gasteiger partial charge is 0.254 e. The standard InChI is InChI=1S/C16H13F4NO2/c1-8(15(22)9-2-4-13(19)14(20)6-9)21-16(23)11-7-10(17)3-5-12(11)18/h2-8,15,22H,1H3,(H,21,23). The maximum Gasteiger partial charge on any atom is 0.254 e. The van der Waals surface area contributed by atoms with E-state index in [1.54, 1.807) is 0 Å². The van der Waals surface area contributed by atoms with Crippen LogP contribution in [-0.4, -0.2) is 17.1 Å². The molecule has 0 aliphatic heterocycles. The molecule has 0 spiro atoms. The molecule has 0 heterocycles. The lowest BCUT2D eigenvalue weighted by molar-refractivity contribution is 0.0847. The molecular weight excluding hydrogens is 314 g/mol. The van der Waals surface area contributed by atoms with Crippen LogP contribution in [0.25, 0.3) is 0 Å². The normalized spacial score (nSPS) is 13.5. The lowest BCUT2D eigenvalue weighted by Gasteiger charge is -2.21. The van der Waals surface area contributed by atoms with Gasteiger partial charge in [-0.25, -0.2) is 17.6 Å². The Morgan fingerprint density at radius 1 is 1.00 bits per heavy atom. The largest absolute Gasteiger partial charge is 0.386 e. The molecule has 2 N–H and O–H groups in total. The molecule has 2 aromatic carbocycles. The van der Waals surface area contributed by atoms with E-state index in [1.807, 2.05) is 0 Å². The number of aliphatic hydroxyl groups excluding tert-OH is 1. The number of amides is 1. The Labute approximate surface area is 129 Å². The zero-order chi connectivity index (χ0) is 17.1. The molecule has 2 unspecified atom stereocenters. The summed E-state index contributed by atoms with van der Waals surface area (Å²) in [6.45, 7) is 1.39. The average molecular weight is 327 g/mol. The zero-order valence-electron chi connectivity index (χ0n) is 12.0. The molecule has 2 aromatic rings. The van der Waals surface area contributed by atoms with Gasteiger partial charge in [-0.1, -0.05) is 6.07 Å². The van der Waals surface area contributed by atoms with Crippen molar-refractivity contribution in [1.82, 2.24) is 5.32 Å². The first kappa shape index (κ1) is 17.0. The molecule has 7 heteroatoms. The van der Waals surface area contributed by atoms with E-state index in [9.17, 15) is 27.5 Å². The first-order chi connectivity index (χ1) is 10.8. The fourth-order valence-corrected chi connectivity index (χ4v) is 2.02. The number of nitrogens with one attached hydrogen (secondary N) is 1. The Morgan fingerprint density at radius 2 is 1.65 bits per heavy atom. The zero-order valence-corrected chi connectivity index (χ0v) is 12.0. The van der Waals surface area contributed by atoms with E-state index in [-0.39, 0.29) is 5.56 Å². The molecule has 0 fully saturated rings. The van der Waals surface area contributed by atoms with E-state index in [1.165, 1.54) is 6.92 Å². The minimum absolute atomic E-state index is 0.0383. The van der Waals surface area contributed by atoms with E-state index in [0.717, 1.165) is 36.4 Å². The van der Waals surface area contributed by atoms with Gasteiger partial charge < -0.3 is 10.4 Å². The second kappa shape index (κ2) is 6.78. The Hall–Kier alpha value is -2.41. The third-order valence-electron chi connectivity index (χ3n) is 3.29. The fraction of sp³-hybridized carbons (Fsp3) is 0.188. The summed E-state index contributed by atoms with van der Waals surface area (Å²) in [5.41, 5.74) is -0.481. The lowest BCUT2D eigenvalue weighted by atomic mass is 10.0. The van der Waals surface area contributed by atoms with Crippen molar-refractivity contribution < 1.29 is 27.5 Å². The maximum atomic E-state index is 13.5. The van der Waals surface area contributed by atoms with Gasteiger partial charge in [0, 0.05) is 0 Å². The van der Waals surface area contributed by atoms with E-state index in [0.29, 0.717) is 0 Å². The van der Waals surface area contributed by atoms with E-state index < -0.39 is 46.9 Å². The number of rotatable bonds is 4. The predicted octanol–water partition coefficient (Wildman–Crippen LogP) is 3.09. The van der Waals surface area contributed by atoms with E-state index >= 15 is 0 Å². The summed E-state index contributed by atoms with van der Waals surface area (Å²) in [5.74, 6) is -4.85. The van der Waals surface area contributed by atoms with E-state index in [2.05, 4.69) is 5.32 Å². The molecule has 0 aliphatic rings. The number of aliphatic hydroxyl groups is 1. The van der Waals surface area contributed by atoms with Gasteiger partial charge in [0.2, 0.25) is 0 Å². The van der Waals surface area contributed by atoms with Crippen molar-refractivity contribution in [2.45, 2.75) is 19.1 Å². The number of hydrogen-bond acceptors (Lipinski definition) is 2. The van der Waals surface area contributed by atoms with Gasteiger partial charge >= 0.3 is 0 Å². The average Bonchev–Trinajstić information content (AvgIpc) is 2.51. The van der Waals surface area contributed by atoms with Crippen LogP contribution in [0.1, 0.15) is 28.9 Å². The SMILES string of the molecule is CC(NC(=O)c1cc(F)ccc1F)C(O)c1ccc(F)c(F)c1. The van der Waals surface area contributed by atoms with Crippen molar-refractivity contribution in [2.75, 3.05) is 0 Å². The minimum Gasteiger partial charge on any atom is -0.386 e. The molecule has 2 atom stereocenters. The fourth-order valence-electron chi connectivity index (χ4n) is 2.02. The molecule has 0 radical (unpaired) electrons. The third kappa shape index (κ3) is 3.87. The van der Waals surface area contributed by atoms with Gasteiger partial charge in [0.1, 0.15) is 11.6 Å². The van der Waals surface area contributed by atoms with Crippen LogP contribution in [0.5, 0.6) is 0 Å². The van der Waals surface area contributed by atoms with Crippen LogP contribution < -0.4 is 5.32 Å². The van der Waals surface area contributed by atoms with Crippen LogP contribution in [0.3, 0.4) is 0 Å². The summed E-state index contributed by atoms with van der Waals surface area (Å²) in [6.07, 6.45) is -1.36. The predicted molar refractivity (Wildman–Crippen MR) is 74.6 cm³/mol. The Balaban J connectivity index is 2.14. The molecule has 0 bridgehead atoms. The van der Waals surface area contributed by atoms with Gasteiger partial charge in [-0.15, -0.1) is 0 Å². The highest BCUT2D eigenvalue weighted by atomic mass is 19.2. The summed E-state index contributed by atoms with van der Waals surface area (Å²) in [6, 6.07) is 4.25. The Bertz CT molecular complexity index is 736. The first-order valence-corrected chi connectivity index (χ1v) is 6.68. The van der Waals surface area contributed by atoms with Crippen molar-refractivity contribution in [1.29, 1.82) is 0 Å². The summed E-state index contributed by atoms with van der Waals surface area (Å²) >= 11 is 0. The topological polar surface area (TPSA) is 49.3 Å². The molecular formula is C16H13F4NO2. The number of benzene rings is 2. The van der Waals surface area contributed by atoms with Crippen LogP contribution in [0.2, 0.25) is 0 Å².